The van der Waals surface area contributed by atoms with Gasteiger partial charge in [-0.05, 0) is 59.7 Å². The van der Waals surface area contributed by atoms with Crippen LogP contribution in [-0.2, 0) is 27.3 Å². The molecule has 0 fully saturated rings. The Morgan fingerprint density at radius 2 is 0.778 bits per heavy atom. The fourth-order valence-corrected chi connectivity index (χ4v) is 2.84. The molecule has 0 aliphatic carbocycles. The Morgan fingerprint density at radius 1 is 0.511 bits per heavy atom. The minimum atomic E-state index is -0.976. The summed E-state index contributed by atoms with van der Waals surface area (Å²) in [7, 11) is 4.00. The first kappa shape index (κ1) is 45.0. The van der Waals surface area contributed by atoms with E-state index in [2.05, 4.69) is 9.98 Å². The van der Waals surface area contributed by atoms with E-state index in [4.69, 9.17) is 30.6 Å². The van der Waals surface area contributed by atoms with Crippen molar-refractivity contribution in [2.24, 2.45) is 9.98 Å². The van der Waals surface area contributed by atoms with Crippen molar-refractivity contribution in [1.82, 2.24) is 0 Å². The molecule has 0 aromatic heterocycles. The number of carbonyl (C=O) groups is 2. The SMILES string of the molecule is CO.CO.CO.CO.O=C(O)c1ccc(N=Cc2ccccc2[O-])cc1.O=C(O)c1ccc(N=Cc2ccccc2[O-])cc1.[Cd+2]. The number of hydrogen-bond donors (Lipinski definition) is 6. The predicted octanol–water partition coefficient (Wildman–Crippen LogP) is 2.85. The Morgan fingerprint density at radius 3 is 1.02 bits per heavy atom. The Kier molecular flexibility index (Phi) is 28.3. The first-order valence-electron chi connectivity index (χ1n) is 12.4. The van der Waals surface area contributed by atoms with Crippen LogP contribution in [0.5, 0.6) is 11.5 Å². The van der Waals surface area contributed by atoms with Gasteiger partial charge < -0.3 is 40.9 Å². The summed E-state index contributed by atoms with van der Waals surface area (Å²) in [6.45, 7) is 0. The fraction of sp³-hybridized carbons (Fsp3) is 0.125. The minimum absolute atomic E-state index is 0. The molecule has 236 valence electrons. The molecule has 45 heavy (non-hydrogen) atoms. The van der Waals surface area contributed by atoms with E-state index in [-0.39, 0.29) is 49.9 Å². The molecular formula is C32H36CdN2O10. The van der Waals surface area contributed by atoms with Crippen LogP contribution in [0.25, 0.3) is 0 Å². The Labute approximate surface area is 281 Å². The third-order valence-electron chi connectivity index (χ3n) is 4.77. The number of carboxylic acids is 2. The Bertz CT molecular complexity index is 1300. The molecule has 6 N–H and O–H groups in total. The van der Waals surface area contributed by atoms with Crippen LogP contribution in [0.4, 0.5) is 11.4 Å². The average Bonchev–Trinajstić information content (AvgIpc) is 3.08. The molecule has 0 atom stereocenters. The molecule has 4 aromatic rings. The maximum atomic E-state index is 11.4. The van der Waals surface area contributed by atoms with Crippen LogP contribution in [0.3, 0.4) is 0 Å². The van der Waals surface area contributed by atoms with Crippen LogP contribution in [0.2, 0.25) is 0 Å². The van der Waals surface area contributed by atoms with Gasteiger partial charge in [0.15, 0.2) is 0 Å². The topological polar surface area (TPSA) is 226 Å². The standard InChI is InChI=1S/2C14H11NO3.4CH4O.Cd/c2*16-13-4-2-1-3-11(13)9-15-12-7-5-10(6-8-12)14(17)18;4*1-2;/h2*1-9,16H,(H,17,18);4*2H,1H3;/q;;;;;;+2/p-2. The minimum Gasteiger partial charge on any atom is -0.872 e. The number of para-hydroxylation sites is 2. The van der Waals surface area contributed by atoms with E-state index in [0.717, 1.165) is 28.4 Å². The van der Waals surface area contributed by atoms with Crippen molar-refractivity contribution in [3.63, 3.8) is 0 Å². The molecule has 4 aromatic carbocycles. The van der Waals surface area contributed by atoms with Gasteiger partial charge in [-0.1, -0.05) is 48.5 Å². The maximum absolute atomic E-state index is 11.4. The van der Waals surface area contributed by atoms with E-state index in [1.165, 1.54) is 48.8 Å². The number of nitrogens with zero attached hydrogens (tertiary/aromatic N) is 2. The fourth-order valence-electron chi connectivity index (χ4n) is 2.84. The summed E-state index contributed by atoms with van der Waals surface area (Å²) in [5.74, 6) is -2.14. The Balaban J connectivity index is -0.000000630. The monoisotopic (exact) mass is 722 g/mol. The molecule has 0 unspecified atom stereocenters. The second kappa shape index (κ2) is 28.3. The molecule has 0 radical (unpaired) electrons. The van der Waals surface area contributed by atoms with E-state index in [0.29, 0.717) is 22.5 Å². The molecule has 0 heterocycles. The number of benzene rings is 4. The van der Waals surface area contributed by atoms with Crippen molar-refractivity contribution < 1.29 is 77.7 Å². The van der Waals surface area contributed by atoms with Crippen LogP contribution in [0.15, 0.2) is 107 Å². The summed E-state index contributed by atoms with van der Waals surface area (Å²) in [5.41, 5.74) is 2.61. The summed E-state index contributed by atoms with van der Waals surface area (Å²) < 4.78 is 0. The quantitative estimate of drug-likeness (QED) is 0.126. The van der Waals surface area contributed by atoms with Gasteiger partial charge in [-0.3, -0.25) is 9.98 Å². The summed E-state index contributed by atoms with van der Waals surface area (Å²) in [4.78, 5) is 29.6. The van der Waals surface area contributed by atoms with E-state index >= 15 is 0 Å². The number of hydrogen-bond acceptors (Lipinski definition) is 10. The maximum Gasteiger partial charge on any atom is 2.00 e. The largest absolute Gasteiger partial charge is 2.00 e. The van der Waals surface area contributed by atoms with Crippen molar-refractivity contribution >= 4 is 35.7 Å². The third-order valence-corrected chi connectivity index (χ3v) is 4.77. The zero-order chi connectivity index (χ0) is 33.9. The van der Waals surface area contributed by atoms with Gasteiger partial charge in [-0.2, -0.15) is 0 Å². The summed E-state index contributed by atoms with van der Waals surface area (Å²) in [5, 5.41) is 68.3. The number of aromatic carboxylic acids is 2. The van der Waals surface area contributed by atoms with E-state index < -0.39 is 11.9 Å². The van der Waals surface area contributed by atoms with Crippen molar-refractivity contribution in [3.8, 4) is 11.5 Å². The number of rotatable bonds is 6. The van der Waals surface area contributed by atoms with Crippen LogP contribution in [0, 0.1) is 0 Å². The molecule has 0 bridgehead atoms. The van der Waals surface area contributed by atoms with E-state index in [1.54, 1.807) is 60.7 Å². The van der Waals surface area contributed by atoms with Gasteiger partial charge in [0.1, 0.15) is 0 Å². The summed E-state index contributed by atoms with van der Waals surface area (Å²) in [6.07, 6.45) is 2.94. The molecular weight excluding hydrogens is 685 g/mol. The van der Waals surface area contributed by atoms with Crippen molar-refractivity contribution in [1.29, 1.82) is 0 Å². The molecule has 4 rings (SSSR count). The molecule has 13 heteroatoms. The van der Waals surface area contributed by atoms with Gasteiger partial charge in [-0.25, -0.2) is 9.59 Å². The third kappa shape index (κ3) is 18.1. The first-order valence-corrected chi connectivity index (χ1v) is 12.4. The zero-order valence-corrected chi connectivity index (χ0v) is 29.3. The van der Waals surface area contributed by atoms with Crippen LogP contribution in [0.1, 0.15) is 31.8 Å². The molecule has 0 spiro atoms. The zero-order valence-electron chi connectivity index (χ0n) is 25.3. The molecule has 0 aliphatic heterocycles. The summed E-state index contributed by atoms with van der Waals surface area (Å²) >= 11 is 0. The van der Waals surface area contributed by atoms with Gasteiger partial charge >= 0.3 is 39.2 Å². The van der Waals surface area contributed by atoms with Crippen LogP contribution < -0.4 is 10.2 Å². The number of aliphatic hydroxyl groups is 4. The van der Waals surface area contributed by atoms with E-state index in [9.17, 15) is 19.8 Å². The second-order valence-electron chi connectivity index (χ2n) is 7.30. The van der Waals surface area contributed by atoms with Crippen LogP contribution >= 0.6 is 0 Å². The number of aliphatic hydroxyl groups excluding tert-OH is 4. The normalized spacial score (nSPS) is 9.07. The van der Waals surface area contributed by atoms with Crippen molar-refractivity contribution in [2.75, 3.05) is 28.4 Å². The van der Waals surface area contributed by atoms with Gasteiger partial charge in [0.05, 0.1) is 22.5 Å². The first-order chi connectivity index (χ1) is 21.3. The average molecular weight is 721 g/mol. The Hall–Kier alpha value is -4.48. The molecule has 0 saturated carbocycles. The van der Waals surface area contributed by atoms with Crippen LogP contribution in [-0.4, -0.2) is 83.4 Å². The second-order valence-corrected chi connectivity index (χ2v) is 7.30. The molecule has 0 aliphatic rings. The van der Waals surface area contributed by atoms with Gasteiger partial charge in [0, 0.05) is 40.9 Å². The molecule has 0 amide bonds. The van der Waals surface area contributed by atoms with Gasteiger partial charge in [-0.15, -0.1) is 11.5 Å². The summed E-state index contributed by atoms with van der Waals surface area (Å²) in [6, 6.07) is 25.4. The van der Waals surface area contributed by atoms with Gasteiger partial charge in [0.2, 0.25) is 0 Å². The number of carboxylic acid groups (broad SMARTS) is 2. The van der Waals surface area contributed by atoms with Gasteiger partial charge in [0.25, 0.3) is 0 Å². The van der Waals surface area contributed by atoms with Crippen molar-refractivity contribution in [3.05, 3.63) is 119 Å². The number of aliphatic imine (C=N–C) groups is 2. The van der Waals surface area contributed by atoms with E-state index in [1.807, 2.05) is 0 Å². The van der Waals surface area contributed by atoms with Crippen molar-refractivity contribution in [2.45, 2.75) is 0 Å². The molecule has 12 nitrogen and oxygen atoms in total. The smallest absolute Gasteiger partial charge is 0.872 e. The molecule has 0 saturated heterocycles. The predicted molar refractivity (Wildman–Crippen MR) is 166 cm³/mol.